The van der Waals surface area contributed by atoms with E-state index in [-0.39, 0.29) is 41.1 Å². The molecule has 0 aromatic heterocycles. The molecular weight excluding hydrogens is 194 g/mol. The van der Waals surface area contributed by atoms with Crippen LogP contribution in [-0.2, 0) is 4.74 Å². The molecule has 1 aliphatic heterocycles. The number of rotatable bonds is 0. The van der Waals surface area contributed by atoms with Crippen molar-refractivity contribution in [3.05, 3.63) is 7.43 Å². The fourth-order valence-electron chi connectivity index (χ4n) is 0.0962. The van der Waals surface area contributed by atoms with Gasteiger partial charge in [-0.1, -0.05) is 0 Å². The predicted molar refractivity (Wildman–Crippen MR) is 27.3 cm³/mol. The van der Waals surface area contributed by atoms with Crippen molar-refractivity contribution >= 4 is 0 Å². The zero-order valence-electron chi connectivity index (χ0n) is 6.02. The standard InChI is InChI=1S/C3H6O.C.6FH.H2O/c1-3-2-4-3;;;;;;;;/h3H,2H2,1H3;;6*1H;1H2/q;+4;;;;;;;/p-4. The Morgan fingerprint density at radius 3 is 1.08 bits per heavy atom. The van der Waals surface area contributed by atoms with Crippen LogP contribution in [0.4, 0.5) is 9.41 Å². The van der Waals surface area contributed by atoms with Gasteiger partial charge in [-0.3, -0.25) is 9.41 Å². The SMILES string of the molecule is CC1CO1.F.F.O.[C+4].[F-].[F-].[F-].[F-]. The first kappa shape index (κ1) is 104. The van der Waals surface area contributed by atoms with Crippen LogP contribution in [0.15, 0.2) is 0 Å². The van der Waals surface area contributed by atoms with E-state index in [9.17, 15) is 0 Å². The van der Waals surface area contributed by atoms with E-state index in [0.29, 0.717) is 6.10 Å². The minimum Gasteiger partial charge on any atom is -1.00 e. The number of halogens is 6. The van der Waals surface area contributed by atoms with Crippen LogP contribution in [-0.4, -0.2) is 18.2 Å². The smallest absolute Gasteiger partial charge is 1.00 e. The second kappa shape index (κ2) is 46.8. The van der Waals surface area contributed by atoms with E-state index < -0.39 is 0 Å². The van der Waals surface area contributed by atoms with E-state index in [1.807, 2.05) is 0 Å². The molecule has 12 heavy (non-hydrogen) atoms. The predicted octanol–water partition coefficient (Wildman–Crippen LogP) is -12.0. The van der Waals surface area contributed by atoms with Gasteiger partial charge in [-0.15, -0.1) is 0 Å². The maximum Gasteiger partial charge on any atom is 4.00 e. The maximum atomic E-state index is 4.71. The number of hydrogen-bond donors (Lipinski definition) is 0. The van der Waals surface area contributed by atoms with Crippen LogP contribution in [0.1, 0.15) is 6.92 Å². The average Bonchev–Trinajstić information content (AvgIpc) is 1.75. The van der Waals surface area contributed by atoms with Crippen LogP contribution < -0.4 is 18.8 Å². The van der Waals surface area contributed by atoms with E-state index in [2.05, 4.69) is 6.92 Å². The van der Waals surface area contributed by atoms with Gasteiger partial charge in [0, 0.05) is 0 Å². The van der Waals surface area contributed by atoms with Crippen molar-refractivity contribution in [3.63, 3.8) is 0 Å². The Kier molecular flexibility index (Phi) is 404. The molecule has 0 bridgehead atoms. The number of hydrogen-bond acceptors (Lipinski definition) is 1. The molecule has 1 rings (SSSR count). The monoisotopic (exact) mass is 204 g/mol. The molecule has 0 amide bonds. The largest absolute Gasteiger partial charge is 4.00 e. The third kappa shape index (κ3) is 110. The van der Waals surface area contributed by atoms with E-state index in [1.54, 1.807) is 0 Å². The molecule has 0 saturated carbocycles. The van der Waals surface area contributed by atoms with Gasteiger partial charge in [0.05, 0.1) is 12.7 Å². The van der Waals surface area contributed by atoms with Crippen molar-refractivity contribution < 1.29 is 38.4 Å². The van der Waals surface area contributed by atoms with Crippen LogP contribution in [0, 0.1) is 7.43 Å². The van der Waals surface area contributed by atoms with Crippen molar-refractivity contribution in [1.82, 2.24) is 0 Å². The molecule has 1 unspecified atom stereocenters. The molecule has 0 aromatic carbocycles. The molecule has 2 nitrogen and oxygen atoms in total. The summed E-state index contributed by atoms with van der Waals surface area (Å²) in [5, 5.41) is 0. The van der Waals surface area contributed by atoms with Gasteiger partial charge in [-0.2, -0.15) is 0 Å². The van der Waals surface area contributed by atoms with Gasteiger partial charge in [0.25, 0.3) is 0 Å². The Hall–Kier alpha value is -0.500. The minimum atomic E-state index is 0. The second-order valence-electron chi connectivity index (χ2n) is 1.14. The Labute approximate surface area is 66.8 Å². The first-order valence-corrected chi connectivity index (χ1v) is 1.51. The van der Waals surface area contributed by atoms with Crippen LogP contribution in [0.2, 0.25) is 0 Å². The molecule has 8 heteroatoms. The molecular formula is C4H10F6O2. The first-order chi connectivity index (χ1) is 1.89. The summed E-state index contributed by atoms with van der Waals surface area (Å²) in [5.41, 5.74) is 0. The molecule has 0 spiro atoms. The fraction of sp³-hybridized carbons (Fsp3) is 0.750. The molecule has 0 aliphatic carbocycles. The van der Waals surface area contributed by atoms with Crippen LogP contribution in [0.25, 0.3) is 0 Å². The Morgan fingerprint density at radius 1 is 1.00 bits per heavy atom. The van der Waals surface area contributed by atoms with Gasteiger partial charge < -0.3 is 29.0 Å². The molecule has 0 aromatic rings. The maximum absolute atomic E-state index is 4.71. The zero-order valence-corrected chi connectivity index (χ0v) is 6.02. The zero-order chi connectivity index (χ0) is 2.99. The summed E-state index contributed by atoms with van der Waals surface area (Å²) in [6.07, 6.45) is 0.583. The molecule has 80 valence electrons. The third-order valence-electron chi connectivity index (χ3n) is 0.500. The summed E-state index contributed by atoms with van der Waals surface area (Å²) in [4.78, 5) is 0. The molecule has 1 atom stereocenters. The molecule has 0 radical (unpaired) electrons. The summed E-state index contributed by atoms with van der Waals surface area (Å²) < 4.78 is 4.71. The quantitative estimate of drug-likeness (QED) is 0.285. The number of ether oxygens (including phenoxy) is 1. The normalized spacial score (nSPS) is 13.2. The van der Waals surface area contributed by atoms with Crippen molar-refractivity contribution in [2.24, 2.45) is 0 Å². The van der Waals surface area contributed by atoms with E-state index in [1.165, 1.54) is 0 Å². The molecule has 1 aliphatic rings. The Morgan fingerprint density at radius 2 is 1.08 bits per heavy atom. The summed E-state index contributed by atoms with van der Waals surface area (Å²) in [6, 6.07) is 0. The summed E-state index contributed by atoms with van der Waals surface area (Å²) in [5.74, 6) is 0. The van der Waals surface area contributed by atoms with Crippen LogP contribution in [0.5, 0.6) is 0 Å². The summed E-state index contributed by atoms with van der Waals surface area (Å²) in [7, 11) is 0. The topological polar surface area (TPSA) is 44.0 Å². The number of epoxide rings is 1. The van der Waals surface area contributed by atoms with Crippen molar-refractivity contribution in [2.45, 2.75) is 13.0 Å². The van der Waals surface area contributed by atoms with E-state index in [4.69, 9.17) is 4.74 Å². The van der Waals surface area contributed by atoms with Gasteiger partial charge in [0.2, 0.25) is 0 Å². The van der Waals surface area contributed by atoms with E-state index in [0.717, 1.165) is 6.61 Å². The van der Waals surface area contributed by atoms with Gasteiger partial charge in [0.1, 0.15) is 0 Å². The molecule has 1 fully saturated rings. The minimum absolute atomic E-state index is 0. The van der Waals surface area contributed by atoms with Gasteiger partial charge >= 0.3 is 7.43 Å². The summed E-state index contributed by atoms with van der Waals surface area (Å²) >= 11 is 0. The van der Waals surface area contributed by atoms with E-state index >= 15 is 0 Å². The fourth-order valence-corrected chi connectivity index (χ4v) is 0.0962. The Bertz CT molecular complexity index is 36.7. The van der Waals surface area contributed by atoms with Crippen LogP contribution >= 0.6 is 0 Å². The second-order valence-corrected chi connectivity index (χ2v) is 1.14. The molecule has 2 N–H and O–H groups in total. The van der Waals surface area contributed by atoms with Gasteiger partial charge in [-0.25, -0.2) is 0 Å². The van der Waals surface area contributed by atoms with Gasteiger partial charge in [0.15, 0.2) is 0 Å². The molecule has 1 heterocycles. The average molecular weight is 204 g/mol. The van der Waals surface area contributed by atoms with Gasteiger partial charge in [-0.05, 0) is 6.92 Å². The van der Waals surface area contributed by atoms with Crippen molar-refractivity contribution in [2.75, 3.05) is 6.61 Å². The summed E-state index contributed by atoms with van der Waals surface area (Å²) in [6.45, 7) is 3.04. The Balaban J connectivity index is -0.00000000333. The van der Waals surface area contributed by atoms with Crippen molar-refractivity contribution in [3.8, 4) is 0 Å². The van der Waals surface area contributed by atoms with Crippen molar-refractivity contribution in [1.29, 1.82) is 0 Å². The first-order valence-electron chi connectivity index (χ1n) is 1.51. The molecule has 1 saturated heterocycles. The van der Waals surface area contributed by atoms with Crippen LogP contribution in [0.3, 0.4) is 0 Å². The third-order valence-corrected chi connectivity index (χ3v) is 0.500.